The van der Waals surface area contributed by atoms with Crippen LogP contribution in [0.1, 0.15) is 6.42 Å². The third-order valence-electron chi connectivity index (χ3n) is 2.28. The standard InChI is InChI=1S/C9H8F6O/c10-8(11,12)5-6-3-1-2-4-7(6,16)9(13,14)15/h1-4,6,16H,5H2. The topological polar surface area (TPSA) is 20.2 Å². The van der Waals surface area contributed by atoms with Crippen molar-refractivity contribution in [2.24, 2.45) is 5.92 Å². The van der Waals surface area contributed by atoms with E-state index in [1.807, 2.05) is 0 Å². The van der Waals surface area contributed by atoms with Crippen molar-refractivity contribution in [3.63, 3.8) is 0 Å². The summed E-state index contributed by atoms with van der Waals surface area (Å²) in [6.07, 6.45) is -8.64. The van der Waals surface area contributed by atoms with Crippen LogP contribution in [-0.2, 0) is 0 Å². The molecule has 2 atom stereocenters. The Balaban J connectivity index is 2.99. The zero-order valence-corrected chi connectivity index (χ0v) is 7.81. The van der Waals surface area contributed by atoms with Gasteiger partial charge in [0.25, 0.3) is 0 Å². The summed E-state index contributed by atoms with van der Waals surface area (Å²) >= 11 is 0. The Morgan fingerprint density at radius 2 is 1.62 bits per heavy atom. The van der Waals surface area contributed by atoms with Crippen molar-refractivity contribution in [2.45, 2.75) is 24.4 Å². The lowest BCUT2D eigenvalue weighted by atomic mass is 9.81. The zero-order valence-electron chi connectivity index (χ0n) is 7.81. The van der Waals surface area contributed by atoms with E-state index in [-0.39, 0.29) is 0 Å². The second-order valence-electron chi connectivity index (χ2n) is 3.49. The first kappa shape index (κ1) is 13.1. The van der Waals surface area contributed by atoms with Gasteiger partial charge in [-0.2, -0.15) is 26.3 Å². The molecule has 0 radical (unpaired) electrons. The maximum atomic E-state index is 12.4. The van der Waals surface area contributed by atoms with Crippen LogP contribution in [0.15, 0.2) is 24.3 Å². The van der Waals surface area contributed by atoms with Crippen LogP contribution in [0.4, 0.5) is 26.3 Å². The van der Waals surface area contributed by atoms with E-state index < -0.39 is 30.3 Å². The first-order valence-electron chi connectivity index (χ1n) is 4.28. The zero-order chi connectivity index (χ0) is 12.6. The highest BCUT2D eigenvalue weighted by molar-refractivity contribution is 5.24. The molecule has 2 unspecified atom stereocenters. The quantitative estimate of drug-likeness (QED) is 0.705. The molecule has 0 saturated carbocycles. The highest BCUT2D eigenvalue weighted by Crippen LogP contribution is 2.44. The van der Waals surface area contributed by atoms with Crippen molar-refractivity contribution in [3.05, 3.63) is 24.3 Å². The lowest BCUT2D eigenvalue weighted by Gasteiger charge is -2.35. The van der Waals surface area contributed by atoms with Crippen LogP contribution in [0.5, 0.6) is 0 Å². The first-order valence-corrected chi connectivity index (χ1v) is 4.28. The fourth-order valence-corrected chi connectivity index (χ4v) is 1.45. The molecule has 0 spiro atoms. The van der Waals surface area contributed by atoms with Crippen LogP contribution in [-0.4, -0.2) is 23.1 Å². The van der Waals surface area contributed by atoms with Gasteiger partial charge in [-0.3, -0.25) is 0 Å². The van der Waals surface area contributed by atoms with Gasteiger partial charge in [-0.05, 0) is 6.08 Å². The summed E-state index contributed by atoms with van der Waals surface area (Å²) in [6.45, 7) is 0. The first-order chi connectivity index (χ1) is 7.06. The maximum Gasteiger partial charge on any atom is 0.421 e. The number of alkyl halides is 6. The van der Waals surface area contributed by atoms with Gasteiger partial charge >= 0.3 is 12.4 Å². The second kappa shape index (κ2) is 3.80. The Morgan fingerprint density at radius 1 is 1.06 bits per heavy atom. The van der Waals surface area contributed by atoms with Gasteiger partial charge in [0, 0.05) is 5.92 Å². The molecule has 1 aliphatic carbocycles. The minimum atomic E-state index is -5.13. The number of halogens is 6. The van der Waals surface area contributed by atoms with Gasteiger partial charge in [-0.1, -0.05) is 18.2 Å². The molecule has 0 amide bonds. The Morgan fingerprint density at radius 3 is 2.06 bits per heavy atom. The average Bonchev–Trinajstić information content (AvgIpc) is 2.04. The molecule has 16 heavy (non-hydrogen) atoms. The Bertz CT molecular complexity index is 313. The Hall–Kier alpha value is -0.980. The van der Waals surface area contributed by atoms with Crippen LogP contribution in [0.2, 0.25) is 0 Å². The summed E-state index contributed by atoms with van der Waals surface area (Å²) in [5.41, 5.74) is -3.45. The van der Waals surface area contributed by atoms with Crippen molar-refractivity contribution in [2.75, 3.05) is 0 Å². The van der Waals surface area contributed by atoms with Crippen LogP contribution >= 0.6 is 0 Å². The lowest BCUT2D eigenvalue weighted by molar-refractivity contribution is -0.263. The van der Waals surface area contributed by atoms with Gasteiger partial charge in [-0.15, -0.1) is 0 Å². The van der Waals surface area contributed by atoms with E-state index in [2.05, 4.69) is 0 Å². The monoisotopic (exact) mass is 246 g/mol. The fourth-order valence-electron chi connectivity index (χ4n) is 1.45. The summed E-state index contributed by atoms with van der Waals surface area (Å²) < 4.78 is 73.5. The molecule has 0 bridgehead atoms. The van der Waals surface area contributed by atoms with Crippen LogP contribution in [0.3, 0.4) is 0 Å². The molecule has 0 aromatic heterocycles. The molecule has 1 aliphatic rings. The smallest absolute Gasteiger partial charge is 0.376 e. The molecular formula is C9H8F6O. The average molecular weight is 246 g/mol. The van der Waals surface area contributed by atoms with Crippen LogP contribution in [0, 0.1) is 5.92 Å². The molecule has 1 N–H and O–H groups in total. The molecular weight excluding hydrogens is 238 g/mol. The largest absolute Gasteiger partial charge is 0.421 e. The normalized spacial score (nSPS) is 30.8. The van der Waals surface area contributed by atoms with E-state index in [0.717, 1.165) is 12.2 Å². The van der Waals surface area contributed by atoms with Crippen molar-refractivity contribution in [1.82, 2.24) is 0 Å². The number of allylic oxidation sites excluding steroid dienone is 2. The fraction of sp³-hybridized carbons (Fsp3) is 0.556. The second-order valence-corrected chi connectivity index (χ2v) is 3.49. The predicted octanol–water partition coefficient (Wildman–Crippen LogP) is 2.97. The summed E-state index contributed by atoms with van der Waals surface area (Å²) in [4.78, 5) is 0. The summed E-state index contributed by atoms with van der Waals surface area (Å²) in [5.74, 6) is -2.04. The van der Waals surface area contributed by atoms with Crippen LogP contribution < -0.4 is 0 Å². The summed E-state index contributed by atoms with van der Waals surface area (Å²) in [6, 6.07) is 0. The molecule has 1 rings (SSSR count). The third kappa shape index (κ3) is 2.58. The van der Waals surface area contributed by atoms with Gasteiger partial charge in [0.2, 0.25) is 0 Å². The highest BCUT2D eigenvalue weighted by Gasteiger charge is 2.58. The molecule has 7 heteroatoms. The maximum absolute atomic E-state index is 12.4. The predicted molar refractivity (Wildman–Crippen MR) is 43.4 cm³/mol. The van der Waals surface area contributed by atoms with E-state index in [1.165, 1.54) is 0 Å². The highest BCUT2D eigenvalue weighted by atomic mass is 19.4. The van der Waals surface area contributed by atoms with Gasteiger partial charge < -0.3 is 5.11 Å². The summed E-state index contributed by atoms with van der Waals surface area (Å²) in [7, 11) is 0. The number of rotatable bonds is 1. The van der Waals surface area contributed by atoms with E-state index in [0.29, 0.717) is 12.2 Å². The van der Waals surface area contributed by atoms with Crippen molar-refractivity contribution >= 4 is 0 Å². The van der Waals surface area contributed by atoms with Crippen molar-refractivity contribution in [3.8, 4) is 0 Å². The summed E-state index contributed by atoms with van der Waals surface area (Å²) in [5, 5.41) is 9.27. The number of hydrogen-bond donors (Lipinski definition) is 1. The lowest BCUT2D eigenvalue weighted by Crippen LogP contribution is -2.51. The van der Waals surface area contributed by atoms with E-state index in [9.17, 15) is 31.4 Å². The van der Waals surface area contributed by atoms with Gasteiger partial charge in [-0.25, -0.2) is 0 Å². The van der Waals surface area contributed by atoms with Gasteiger partial charge in [0.05, 0.1) is 6.42 Å². The van der Waals surface area contributed by atoms with E-state index >= 15 is 0 Å². The van der Waals surface area contributed by atoms with E-state index in [1.54, 1.807) is 0 Å². The SMILES string of the molecule is OC1(C(F)(F)F)C=CC=CC1CC(F)(F)F. The molecule has 0 fully saturated rings. The molecule has 92 valence electrons. The minimum Gasteiger partial charge on any atom is -0.376 e. The Labute approximate surface area is 87.1 Å². The van der Waals surface area contributed by atoms with Gasteiger partial charge in [0.15, 0.2) is 5.60 Å². The van der Waals surface area contributed by atoms with Crippen LogP contribution in [0.25, 0.3) is 0 Å². The molecule has 0 aliphatic heterocycles. The van der Waals surface area contributed by atoms with Crippen molar-refractivity contribution < 1.29 is 31.4 Å². The van der Waals surface area contributed by atoms with Gasteiger partial charge in [0.1, 0.15) is 0 Å². The molecule has 0 aromatic carbocycles. The molecule has 1 nitrogen and oxygen atoms in total. The molecule has 0 saturated heterocycles. The number of aliphatic hydroxyl groups is 1. The number of hydrogen-bond acceptors (Lipinski definition) is 1. The Kier molecular flexibility index (Phi) is 3.11. The third-order valence-corrected chi connectivity index (χ3v) is 2.28. The van der Waals surface area contributed by atoms with Crippen molar-refractivity contribution in [1.29, 1.82) is 0 Å². The molecule has 0 heterocycles. The minimum absolute atomic E-state index is 0.337. The van der Waals surface area contributed by atoms with E-state index in [4.69, 9.17) is 0 Å². The molecule has 0 aromatic rings.